The van der Waals surface area contributed by atoms with Gasteiger partial charge in [0.1, 0.15) is 5.82 Å². The number of thiazole rings is 1. The van der Waals surface area contributed by atoms with Gasteiger partial charge in [-0.1, -0.05) is 19.1 Å². The Morgan fingerprint density at radius 3 is 2.89 bits per heavy atom. The Kier molecular flexibility index (Phi) is 4.44. The van der Waals surface area contributed by atoms with E-state index in [9.17, 15) is 4.39 Å². The van der Waals surface area contributed by atoms with Gasteiger partial charge < -0.3 is 5.32 Å². The summed E-state index contributed by atoms with van der Waals surface area (Å²) >= 11 is 1.61. The van der Waals surface area contributed by atoms with E-state index in [-0.39, 0.29) is 11.9 Å². The van der Waals surface area contributed by atoms with Crippen molar-refractivity contribution in [1.29, 1.82) is 0 Å². The molecule has 4 heteroatoms. The summed E-state index contributed by atoms with van der Waals surface area (Å²) in [5, 5.41) is 3.46. The molecular formula is C14H17FN2S. The van der Waals surface area contributed by atoms with Gasteiger partial charge in [0.05, 0.1) is 17.2 Å². The third-order valence-corrected chi connectivity index (χ3v) is 3.82. The summed E-state index contributed by atoms with van der Waals surface area (Å²) in [5.74, 6) is -0.196. The highest BCUT2D eigenvalue weighted by Gasteiger charge is 2.17. The van der Waals surface area contributed by atoms with Crippen LogP contribution in [0.5, 0.6) is 0 Å². The van der Waals surface area contributed by atoms with E-state index in [1.54, 1.807) is 23.5 Å². The molecule has 0 aliphatic rings. The van der Waals surface area contributed by atoms with Crippen molar-refractivity contribution in [2.75, 3.05) is 6.54 Å². The van der Waals surface area contributed by atoms with Crippen LogP contribution in [0.1, 0.15) is 35.5 Å². The molecule has 2 rings (SSSR count). The summed E-state index contributed by atoms with van der Waals surface area (Å²) in [4.78, 5) is 5.44. The molecule has 0 saturated heterocycles. The Balaban J connectivity index is 2.33. The molecule has 2 aromatic rings. The zero-order chi connectivity index (χ0) is 13.0. The minimum absolute atomic E-state index is 0.0353. The number of rotatable bonds is 5. The Hall–Kier alpha value is -1.26. The second-order valence-electron chi connectivity index (χ2n) is 4.24. The Bertz CT molecular complexity index is 510. The van der Waals surface area contributed by atoms with Crippen LogP contribution in [-0.4, -0.2) is 11.5 Å². The van der Waals surface area contributed by atoms with Gasteiger partial charge in [-0.15, -0.1) is 11.3 Å². The third-order valence-electron chi connectivity index (χ3n) is 2.83. The van der Waals surface area contributed by atoms with E-state index >= 15 is 0 Å². The van der Waals surface area contributed by atoms with Crippen molar-refractivity contribution in [2.45, 2.75) is 26.3 Å². The molecule has 96 valence electrons. The lowest BCUT2D eigenvalue weighted by atomic mass is 10.0. The Morgan fingerprint density at radius 1 is 1.44 bits per heavy atom. The first-order valence-electron chi connectivity index (χ1n) is 6.11. The highest BCUT2D eigenvalue weighted by molar-refractivity contribution is 7.09. The lowest BCUT2D eigenvalue weighted by Crippen LogP contribution is -2.23. The quantitative estimate of drug-likeness (QED) is 0.891. The van der Waals surface area contributed by atoms with Gasteiger partial charge in [0.25, 0.3) is 0 Å². The zero-order valence-corrected chi connectivity index (χ0v) is 11.4. The molecule has 1 aromatic heterocycles. The first-order valence-corrected chi connectivity index (χ1v) is 6.99. The summed E-state index contributed by atoms with van der Waals surface area (Å²) in [6.07, 6.45) is 1.05. The van der Waals surface area contributed by atoms with Crippen LogP contribution in [0.25, 0.3) is 0 Å². The molecule has 1 aromatic carbocycles. The molecule has 0 spiro atoms. The average Bonchev–Trinajstić information content (AvgIpc) is 2.77. The molecule has 1 N–H and O–H groups in total. The summed E-state index contributed by atoms with van der Waals surface area (Å²) in [6, 6.07) is 6.80. The van der Waals surface area contributed by atoms with Crippen molar-refractivity contribution in [3.63, 3.8) is 0 Å². The Labute approximate surface area is 111 Å². The second kappa shape index (κ2) is 6.07. The molecule has 0 radical (unpaired) electrons. The van der Waals surface area contributed by atoms with Gasteiger partial charge in [-0.2, -0.15) is 0 Å². The van der Waals surface area contributed by atoms with Crippen molar-refractivity contribution in [1.82, 2.24) is 10.3 Å². The summed E-state index contributed by atoms with van der Waals surface area (Å²) in [6.45, 7) is 5.01. The van der Waals surface area contributed by atoms with Crippen LogP contribution in [0, 0.1) is 12.7 Å². The van der Waals surface area contributed by atoms with E-state index in [1.807, 2.05) is 18.5 Å². The fourth-order valence-electron chi connectivity index (χ4n) is 1.92. The van der Waals surface area contributed by atoms with E-state index in [0.29, 0.717) is 0 Å². The summed E-state index contributed by atoms with van der Waals surface area (Å²) < 4.78 is 13.4. The van der Waals surface area contributed by atoms with E-state index in [4.69, 9.17) is 0 Å². The molecule has 1 heterocycles. The maximum atomic E-state index is 13.4. The summed E-state index contributed by atoms with van der Waals surface area (Å²) in [7, 11) is 0. The van der Waals surface area contributed by atoms with Crippen molar-refractivity contribution >= 4 is 11.3 Å². The average molecular weight is 264 g/mol. The number of halogens is 1. The smallest absolute Gasteiger partial charge is 0.123 e. The van der Waals surface area contributed by atoms with Crippen LogP contribution in [-0.2, 0) is 0 Å². The van der Waals surface area contributed by atoms with Gasteiger partial charge in [-0.05, 0) is 37.6 Å². The highest BCUT2D eigenvalue weighted by Crippen LogP contribution is 2.28. The first kappa shape index (κ1) is 13.2. The first-order chi connectivity index (χ1) is 8.72. The van der Waals surface area contributed by atoms with Crippen LogP contribution in [0.15, 0.2) is 29.8 Å². The Morgan fingerprint density at radius 2 is 2.28 bits per heavy atom. The van der Waals surface area contributed by atoms with Crippen molar-refractivity contribution < 1.29 is 4.39 Å². The lowest BCUT2D eigenvalue weighted by Gasteiger charge is -2.18. The van der Waals surface area contributed by atoms with Crippen LogP contribution >= 0.6 is 11.3 Å². The number of benzene rings is 1. The standard InChI is InChI=1S/C14H17FN2S/c1-3-7-16-13(14-10(2)17-9-18-14)11-5-4-6-12(15)8-11/h4-6,8-9,13,16H,3,7H2,1-2H3. The predicted molar refractivity (Wildman–Crippen MR) is 73.4 cm³/mol. The van der Waals surface area contributed by atoms with E-state index in [0.717, 1.165) is 29.1 Å². The molecule has 0 aliphatic heterocycles. The van der Waals surface area contributed by atoms with Crippen molar-refractivity contribution in [2.24, 2.45) is 0 Å². The number of hydrogen-bond acceptors (Lipinski definition) is 3. The van der Waals surface area contributed by atoms with Gasteiger partial charge in [-0.25, -0.2) is 9.37 Å². The molecule has 0 saturated carbocycles. The second-order valence-corrected chi connectivity index (χ2v) is 5.13. The lowest BCUT2D eigenvalue weighted by molar-refractivity contribution is 0.588. The largest absolute Gasteiger partial charge is 0.306 e. The number of aromatic nitrogens is 1. The monoisotopic (exact) mass is 264 g/mol. The van der Waals surface area contributed by atoms with Crippen molar-refractivity contribution in [3.05, 3.63) is 51.7 Å². The molecule has 18 heavy (non-hydrogen) atoms. The maximum absolute atomic E-state index is 13.4. The summed E-state index contributed by atoms with van der Waals surface area (Å²) in [5.41, 5.74) is 3.80. The van der Waals surface area contributed by atoms with E-state index in [1.165, 1.54) is 6.07 Å². The molecule has 2 nitrogen and oxygen atoms in total. The molecule has 1 unspecified atom stereocenters. The van der Waals surface area contributed by atoms with E-state index < -0.39 is 0 Å². The molecular weight excluding hydrogens is 247 g/mol. The van der Waals surface area contributed by atoms with Gasteiger partial charge in [0, 0.05) is 4.88 Å². The number of nitrogens with one attached hydrogen (secondary N) is 1. The minimum atomic E-state index is -0.196. The van der Waals surface area contributed by atoms with Gasteiger partial charge in [-0.3, -0.25) is 0 Å². The van der Waals surface area contributed by atoms with Crippen LogP contribution in [0.3, 0.4) is 0 Å². The van der Waals surface area contributed by atoms with Gasteiger partial charge in [0.2, 0.25) is 0 Å². The zero-order valence-electron chi connectivity index (χ0n) is 10.6. The fraction of sp³-hybridized carbons (Fsp3) is 0.357. The third kappa shape index (κ3) is 2.94. The van der Waals surface area contributed by atoms with Gasteiger partial charge >= 0.3 is 0 Å². The van der Waals surface area contributed by atoms with Crippen LogP contribution in [0.2, 0.25) is 0 Å². The van der Waals surface area contributed by atoms with E-state index in [2.05, 4.69) is 17.2 Å². The number of hydrogen-bond donors (Lipinski definition) is 1. The predicted octanol–water partition coefficient (Wildman–Crippen LogP) is 3.68. The molecule has 0 fully saturated rings. The molecule has 0 amide bonds. The number of nitrogens with zero attached hydrogens (tertiary/aromatic N) is 1. The topological polar surface area (TPSA) is 24.9 Å². The number of aryl methyl sites for hydroxylation is 1. The molecule has 1 atom stereocenters. The van der Waals surface area contributed by atoms with Crippen LogP contribution in [0.4, 0.5) is 4.39 Å². The normalized spacial score (nSPS) is 12.6. The fourth-order valence-corrected chi connectivity index (χ4v) is 2.83. The van der Waals surface area contributed by atoms with Gasteiger partial charge in [0.15, 0.2) is 0 Å². The van der Waals surface area contributed by atoms with Crippen molar-refractivity contribution in [3.8, 4) is 0 Å². The SMILES string of the molecule is CCCNC(c1cccc(F)c1)c1scnc1C. The molecule has 0 aliphatic carbocycles. The minimum Gasteiger partial charge on any atom is -0.306 e. The maximum Gasteiger partial charge on any atom is 0.123 e. The van der Waals surface area contributed by atoms with Crippen LogP contribution < -0.4 is 5.32 Å². The molecule has 0 bridgehead atoms. The highest BCUT2D eigenvalue weighted by atomic mass is 32.1.